The van der Waals surface area contributed by atoms with Gasteiger partial charge in [0.15, 0.2) is 0 Å². The number of ether oxygens (including phenoxy) is 1. The van der Waals surface area contributed by atoms with Crippen molar-refractivity contribution in [3.8, 4) is 11.5 Å². The zero-order valence-electron chi connectivity index (χ0n) is 9.06. The molecule has 1 atom stereocenters. The van der Waals surface area contributed by atoms with Crippen LogP contribution in [-0.2, 0) is 0 Å². The van der Waals surface area contributed by atoms with Gasteiger partial charge < -0.3 is 15.6 Å². The first-order valence-electron chi connectivity index (χ1n) is 4.81. The molecule has 4 heteroatoms. The minimum Gasteiger partial charge on any atom is -0.507 e. The van der Waals surface area contributed by atoms with Crippen LogP contribution in [0.25, 0.3) is 0 Å². The fourth-order valence-corrected chi connectivity index (χ4v) is 1.43. The number of halogens is 1. The van der Waals surface area contributed by atoms with Gasteiger partial charge in [0.05, 0.1) is 7.11 Å². The van der Waals surface area contributed by atoms with Gasteiger partial charge in [-0.05, 0) is 12.5 Å². The summed E-state index contributed by atoms with van der Waals surface area (Å²) in [6.45, 7) is 2.07. The van der Waals surface area contributed by atoms with Crippen LogP contribution < -0.4 is 10.5 Å². The number of phenols is 1. The lowest BCUT2D eigenvalue weighted by Gasteiger charge is -2.13. The van der Waals surface area contributed by atoms with Crippen molar-refractivity contribution in [2.45, 2.75) is 25.8 Å². The fraction of sp³-hybridized carbons (Fsp3) is 0.455. The Morgan fingerprint density at radius 3 is 2.60 bits per heavy atom. The summed E-state index contributed by atoms with van der Waals surface area (Å²) < 4.78 is 4.99. The van der Waals surface area contributed by atoms with Crippen LogP contribution in [0.5, 0.6) is 11.5 Å². The molecule has 0 unspecified atom stereocenters. The minimum absolute atomic E-state index is 0. The van der Waals surface area contributed by atoms with Gasteiger partial charge in [0.25, 0.3) is 0 Å². The molecule has 0 saturated heterocycles. The normalized spacial score (nSPS) is 11.7. The quantitative estimate of drug-likeness (QED) is 0.838. The van der Waals surface area contributed by atoms with Crippen molar-refractivity contribution in [2.24, 2.45) is 5.73 Å². The van der Waals surface area contributed by atoms with E-state index in [1.165, 1.54) is 0 Å². The molecule has 0 saturated carbocycles. The van der Waals surface area contributed by atoms with Crippen LogP contribution in [0.1, 0.15) is 31.4 Å². The van der Waals surface area contributed by atoms with Gasteiger partial charge in [-0.3, -0.25) is 0 Å². The van der Waals surface area contributed by atoms with E-state index >= 15 is 0 Å². The van der Waals surface area contributed by atoms with E-state index in [1.54, 1.807) is 13.2 Å². The van der Waals surface area contributed by atoms with Gasteiger partial charge in [0, 0.05) is 17.7 Å². The molecule has 0 bridgehead atoms. The van der Waals surface area contributed by atoms with Crippen molar-refractivity contribution in [2.75, 3.05) is 7.11 Å². The maximum Gasteiger partial charge on any atom is 0.124 e. The highest BCUT2D eigenvalue weighted by Crippen LogP contribution is 2.29. The molecule has 1 aromatic carbocycles. The summed E-state index contributed by atoms with van der Waals surface area (Å²) in [5, 5.41) is 9.66. The molecule has 0 aliphatic rings. The van der Waals surface area contributed by atoms with E-state index in [-0.39, 0.29) is 24.2 Å². The Labute approximate surface area is 96.7 Å². The summed E-state index contributed by atoms with van der Waals surface area (Å²) >= 11 is 0. The number of methoxy groups -OCH3 is 1. The van der Waals surface area contributed by atoms with E-state index in [4.69, 9.17) is 10.5 Å². The molecule has 86 valence electrons. The van der Waals surface area contributed by atoms with E-state index < -0.39 is 0 Å². The molecule has 0 spiro atoms. The molecule has 0 aliphatic carbocycles. The maximum absolute atomic E-state index is 9.66. The van der Waals surface area contributed by atoms with Crippen molar-refractivity contribution in [1.29, 1.82) is 0 Å². The molecule has 1 aromatic rings. The van der Waals surface area contributed by atoms with Crippen LogP contribution in [0.15, 0.2) is 18.2 Å². The predicted octanol–water partition coefficient (Wildman–Crippen LogP) is 2.62. The average Bonchev–Trinajstić information content (AvgIpc) is 2.17. The third kappa shape index (κ3) is 3.61. The van der Waals surface area contributed by atoms with E-state index in [0.717, 1.165) is 18.4 Å². The lowest BCUT2D eigenvalue weighted by molar-refractivity contribution is 0.405. The van der Waals surface area contributed by atoms with Crippen molar-refractivity contribution < 1.29 is 9.84 Å². The van der Waals surface area contributed by atoms with Crippen molar-refractivity contribution >= 4 is 12.4 Å². The summed E-state index contributed by atoms with van der Waals surface area (Å²) in [6.07, 6.45) is 1.88. The zero-order valence-corrected chi connectivity index (χ0v) is 9.88. The van der Waals surface area contributed by atoms with Gasteiger partial charge in [0.2, 0.25) is 0 Å². The molecule has 1 rings (SSSR count). The molecule has 0 aliphatic heterocycles. The Hall–Kier alpha value is -0.930. The minimum atomic E-state index is -0.0918. The van der Waals surface area contributed by atoms with Crippen LogP contribution in [0.3, 0.4) is 0 Å². The Morgan fingerprint density at radius 1 is 1.47 bits per heavy atom. The third-order valence-corrected chi connectivity index (χ3v) is 2.24. The highest BCUT2D eigenvalue weighted by molar-refractivity contribution is 5.85. The fourth-order valence-electron chi connectivity index (χ4n) is 1.43. The molecule has 15 heavy (non-hydrogen) atoms. The van der Waals surface area contributed by atoms with Crippen molar-refractivity contribution in [3.05, 3.63) is 23.8 Å². The summed E-state index contributed by atoms with van der Waals surface area (Å²) in [4.78, 5) is 0. The molecule has 0 heterocycles. The van der Waals surface area contributed by atoms with Crippen LogP contribution in [0.4, 0.5) is 0 Å². The molecule has 0 radical (unpaired) electrons. The number of rotatable bonds is 4. The molecular weight excluding hydrogens is 214 g/mol. The average molecular weight is 232 g/mol. The second-order valence-corrected chi connectivity index (χ2v) is 3.32. The molecule has 0 fully saturated rings. The first-order valence-corrected chi connectivity index (χ1v) is 4.81. The summed E-state index contributed by atoms with van der Waals surface area (Å²) in [5.41, 5.74) is 6.68. The van der Waals surface area contributed by atoms with Crippen LogP contribution in [0, 0.1) is 0 Å². The zero-order chi connectivity index (χ0) is 10.6. The van der Waals surface area contributed by atoms with Crippen LogP contribution in [0.2, 0.25) is 0 Å². The Kier molecular flexibility index (Phi) is 6.13. The van der Waals surface area contributed by atoms with Gasteiger partial charge in [-0.15, -0.1) is 12.4 Å². The molecule has 0 aromatic heterocycles. The largest absolute Gasteiger partial charge is 0.507 e. The lowest BCUT2D eigenvalue weighted by atomic mass is 10.0. The maximum atomic E-state index is 9.66. The van der Waals surface area contributed by atoms with E-state index in [1.807, 2.05) is 12.1 Å². The topological polar surface area (TPSA) is 55.5 Å². The van der Waals surface area contributed by atoms with Gasteiger partial charge in [-0.2, -0.15) is 0 Å². The number of hydrogen-bond acceptors (Lipinski definition) is 3. The SMILES string of the molecule is CCC[C@H](N)c1ccc(OC)cc1O.Cl. The lowest BCUT2D eigenvalue weighted by Crippen LogP contribution is -2.09. The summed E-state index contributed by atoms with van der Waals surface area (Å²) in [6, 6.07) is 5.12. The van der Waals surface area contributed by atoms with Crippen LogP contribution >= 0.6 is 12.4 Å². The number of nitrogens with two attached hydrogens (primary N) is 1. The summed E-state index contributed by atoms with van der Waals surface area (Å²) in [5.74, 6) is 0.861. The predicted molar refractivity (Wildman–Crippen MR) is 63.7 cm³/mol. The Morgan fingerprint density at radius 2 is 2.13 bits per heavy atom. The molecule has 3 N–H and O–H groups in total. The Balaban J connectivity index is 0.00000196. The first kappa shape index (κ1) is 14.1. The highest BCUT2D eigenvalue weighted by Gasteiger charge is 2.10. The second kappa shape index (κ2) is 6.53. The van der Waals surface area contributed by atoms with Gasteiger partial charge >= 0.3 is 0 Å². The molecule has 0 amide bonds. The molecule has 3 nitrogen and oxygen atoms in total. The smallest absolute Gasteiger partial charge is 0.124 e. The van der Waals surface area contributed by atoms with Gasteiger partial charge in [-0.1, -0.05) is 19.4 Å². The first-order chi connectivity index (χ1) is 6.69. The standard InChI is InChI=1S/C11H17NO2.ClH/c1-3-4-10(12)9-6-5-8(14-2)7-11(9)13;/h5-7,10,13H,3-4,12H2,1-2H3;1H/t10-;/m0./s1. The van der Waals surface area contributed by atoms with Gasteiger partial charge in [-0.25, -0.2) is 0 Å². The van der Waals surface area contributed by atoms with E-state index in [9.17, 15) is 5.11 Å². The summed E-state index contributed by atoms with van der Waals surface area (Å²) in [7, 11) is 1.57. The van der Waals surface area contributed by atoms with Gasteiger partial charge in [0.1, 0.15) is 11.5 Å². The third-order valence-electron chi connectivity index (χ3n) is 2.24. The number of phenolic OH excluding ortho intramolecular Hbond substituents is 1. The monoisotopic (exact) mass is 231 g/mol. The van der Waals surface area contributed by atoms with Crippen LogP contribution in [-0.4, -0.2) is 12.2 Å². The molecular formula is C11H18ClNO2. The van der Waals surface area contributed by atoms with E-state index in [0.29, 0.717) is 5.75 Å². The van der Waals surface area contributed by atoms with Crippen molar-refractivity contribution in [1.82, 2.24) is 0 Å². The number of benzene rings is 1. The number of aromatic hydroxyl groups is 1. The Bertz CT molecular complexity index is 305. The number of hydrogen-bond donors (Lipinski definition) is 2. The van der Waals surface area contributed by atoms with Crippen molar-refractivity contribution in [3.63, 3.8) is 0 Å². The van der Waals surface area contributed by atoms with E-state index in [2.05, 4.69) is 6.92 Å². The second-order valence-electron chi connectivity index (χ2n) is 3.32. The highest BCUT2D eigenvalue weighted by atomic mass is 35.5.